The van der Waals surface area contributed by atoms with E-state index in [0.717, 1.165) is 0 Å². The normalized spacial score (nSPS) is 14.1. The summed E-state index contributed by atoms with van der Waals surface area (Å²) in [5.41, 5.74) is -0.790. The lowest BCUT2D eigenvalue weighted by atomic mass is 10.2. The highest BCUT2D eigenvalue weighted by Gasteiger charge is 2.24. The molecule has 0 aliphatic rings. The van der Waals surface area contributed by atoms with E-state index in [0.29, 0.717) is 0 Å². The van der Waals surface area contributed by atoms with Gasteiger partial charge in [-0.15, -0.1) is 0 Å². The Hall–Kier alpha value is -2.03. The molecule has 0 saturated carbocycles. The van der Waals surface area contributed by atoms with Crippen LogP contribution in [0.2, 0.25) is 0 Å². The summed E-state index contributed by atoms with van der Waals surface area (Å²) in [5, 5.41) is 27.1. The average Bonchev–Trinajstić information content (AvgIpc) is 2.74. The second kappa shape index (κ2) is 17.4. The van der Waals surface area contributed by atoms with Gasteiger partial charge in [0.05, 0.1) is 26.1 Å². The van der Waals surface area contributed by atoms with Gasteiger partial charge in [-0.1, -0.05) is 0 Å². The minimum atomic E-state index is -1.13. The van der Waals surface area contributed by atoms with Gasteiger partial charge in [0, 0.05) is 20.2 Å². The van der Waals surface area contributed by atoms with Crippen molar-refractivity contribution in [3.8, 4) is 0 Å². The number of aliphatic hydroxyl groups excluding tert-OH is 3. The van der Waals surface area contributed by atoms with Gasteiger partial charge in [0.15, 0.2) is 6.29 Å². The average molecular weight is 498 g/mol. The van der Waals surface area contributed by atoms with Gasteiger partial charge in [-0.2, -0.15) is 0 Å². The summed E-state index contributed by atoms with van der Waals surface area (Å²) in [6.45, 7) is 4.89. The number of methoxy groups -OCH3 is 1. The number of carbonyl (C=O) groups excluding carboxylic acids is 3. The lowest BCUT2D eigenvalue weighted by molar-refractivity contribution is -0.176. The number of esters is 2. The summed E-state index contributed by atoms with van der Waals surface area (Å²) in [7, 11) is 1.37. The summed E-state index contributed by atoms with van der Waals surface area (Å²) in [6, 6.07) is 0. The Balaban J connectivity index is 4.81. The van der Waals surface area contributed by atoms with Crippen molar-refractivity contribution in [3.05, 3.63) is 0 Å². The molecule has 0 radical (unpaired) electrons. The van der Waals surface area contributed by atoms with Crippen molar-refractivity contribution in [2.24, 2.45) is 0 Å². The van der Waals surface area contributed by atoms with Crippen LogP contribution in [0.3, 0.4) is 0 Å². The molecule has 0 heterocycles. The van der Waals surface area contributed by atoms with E-state index in [1.807, 2.05) is 0 Å². The van der Waals surface area contributed by atoms with E-state index < -0.39 is 48.9 Å². The van der Waals surface area contributed by atoms with E-state index in [4.69, 9.17) is 38.6 Å². The summed E-state index contributed by atoms with van der Waals surface area (Å²) >= 11 is 0. The highest BCUT2D eigenvalue weighted by atomic mass is 16.6. The zero-order valence-electron chi connectivity index (χ0n) is 20.6. The van der Waals surface area contributed by atoms with Crippen molar-refractivity contribution < 1.29 is 58.1 Å². The minimum Gasteiger partial charge on any atom is -0.463 e. The maximum atomic E-state index is 12.5. The summed E-state index contributed by atoms with van der Waals surface area (Å²) < 4.78 is 30.3. The van der Waals surface area contributed by atoms with Crippen LogP contribution in [-0.2, 0) is 38.0 Å². The van der Waals surface area contributed by atoms with Crippen LogP contribution in [0.25, 0.3) is 0 Å². The van der Waals surface area contributed by atoms with Gasteiger partial charge in [0.1, 0.15) is 37.8 Å². The fraction of sp³-hybridized carbons (Fsp3) is 0.857. The molecule has 0 spiro atoms. The highest BCUT2D eigenvalue weighted by molar-refractivity contribution is 5.73. The van der Waals surface area contributed by atoms with E-state index in [9.17, 15) is 19.5 Å². The van der Waals surface area contributed by atoms with Crippen LogP contribution in [-0.4, -0.2) is 116 Å². The third-order valence-corrected chi connectivity index (χ3v) is 4.01. The Morgan fingerprint density at radius 2 is 1.44 bits per heavy atom. The van der Waals surface area contributed by atoms with Gasteiger partial charge in [-0.3, -0.25) is 9.59 Å². The maximum absolute atomic E-state index is 12.5. The molecule has 13 nitrogen and oxygen atoms in total. The van der Waals surface area contributed by atoms with Crippen LogP contribution in [0, 0.1) is 0 Å². The van der Waals surface area contributed by atoms with Crippen LogP contribution in [0.1, 0.15) is 40.5 Å². The van der Waals surface area contributed by atoms with Gasteiger partial charge in [-0.05, 0) is 27.7 Å². The molecule has 0 saturated heterocycles. The molecule has 0 aromatic heterocycles. The van der Waals surface area contributed by atoms with Crippen molar-refractivity contribution in [1.82, 2.24) is 4.90 Å². The number of carbonyl (C=O) groups is 3. The predicted octanol–water partition coefficient (Wildman–Crippen LogP) is -0.213. The number of amides is 1. The highest BCUT2D eigenvalue weighted by Crippen LogP contribution is 2.11. The molecular weight excluding hydrogens is 458 g/mol. The molecule has 1 amide bonds. The molecule has 0 aliphatic heterocycles. The lowest BCUT2D eigenvalue weighted by Crippen LogP contribution is -2.39. The van der Waals surface area contributed by atoms with Crippen LogP contribution >= 0.6 is 0 Å². The SMILES string of the molecule is CO[C@H](CO)COC(=O)CCN(CCC(=O)OC[C@@H](COCO)OC(C)O)C(=O)OC(C)(C)C. The number of ether oxygens (including phenoxy) is 6. The molecule has 1 unspecified atom stereocenters. The first-order valence-electron chi connectivity index (χ1n) is 10.9. The molecule has 0 fully saturated rings. The Bertz CT molecular complexity index is 589. The minimum absolute atomic E-state index is 0.0735. The molecule has 0 bridgehead atoms. The van der Waals surface area contributed by atoms with Crippen LogP contribution in [0.15, 0.2) is 0 Å². The summed E-state index contributed by atoms with van der Waals surface area (Å²) in [5.74, 6) is -1.28. The number of aliphatic hydroxyl groups is 3. The summed E-state index contributed by atoms with van der Waals surface area (Å²) in [6.07, 6.45) is -3.67. The first-order chi connectivity index (χ1) is 15.9. The smallest absolute Gasteiger partial charge is 0.410 e. The zero-order chi connectivity index (χ0) is 26.1. The maximum Gasteiger partial charge on any atom is 0.410 e. The number of hydrogen-bond donors (Lipinski definition) is 3. The molecule has 0 rings (SSSR count). The third-order valence-electron chi connectivity index (χ3n) is 4.01. The van der Waals surface area contributed by atoms with Gasteiger partial charge in [0.25, 0.3) is 0 Å². The molecule has 0 aromatic carbocycles. The molecule has 3 atom stereocenters. The van der Waals surface area contributed by atoms with Gasteiger partial charge in [0.2, 0.25) is 0 Å². The largest absolute Gasteiger partial charge is 0.463 e. The monoisotopic (exact) mass is 497 g/mol. The number of hydrogen-bond acceptors (Lipinski definition) is 12. The molecule has 200 valence electrons. The standard InChI is InChI=1S/C21H39NO12/c1-15(25)33-17(11-30-14-24)13-32-19(27)7-9-22(20(28)34-21(2,3)4)8-6-18(26)31-12-16(10-23)29-5/h15-17,23-25H,6-14H2,1-5H3/t15?,16-,17-/m1/s1. The summed E-state index contributed by atoms with van der Waals surface area (Å²) in [4.78, 5) is 37.8. The van der Waals surface area contributed by atoms with Crippen molar-refractivity contribution >= 4 is 18.0 Å². The number of nitrogens with zero attached hydrogens (tertiary/aromatic N) is 1. The second-order valence-corrected chi connectivity index (χ2v) is 8.23. The number of rotatable bonds is 17. The van der Waals surface area contributed by atoms with Gasteiger partial charge < -0.3 is 48.6 Å². The van der Waals surface area contributed by atoms with Crippen LogP contribution in [0.4, 0.5) is 4.79 Å². The van der Waals surface area contributed by atoms with E-state index in [1.165, 1.54) is 18.9 Å². The molecule has 13 heteroatoms. The third kappa shape index (κ3) is 16.6. The second-order valence-electron chi connectivity index (χ2n) is 8.23. The van der Waals surface area contributed by atoms with Crippen molar-refractivity contribution in [1.29, 1.82) is 0 Å². The zero-order valence-corrected chi connectivity index (χ0v) is 20.6. The topological polar surface area (TPSA) is 171 Å². The molecular formula is C21H39NO12. The Morgan fingerprint density at radius 3 is 1.85 bits per heavy atom. The van der Waals surface area contributed by atoms with Gasteiger partial charge in [-0.25, -0.2) is 4.79 Å². The van der Waals surface area contributed by atoms with Crippen LogP contribution < -0.4 is 0 Å². The molecule has 3 N–H and O–H groups in total. The Labute approximate surface area is 199 Å². The Morgan fingerprint density at radius 1 is 0.912 bits per heavy atom. The Kier molecular flexibility index (Phi) is 16.4. The fourth-order valence-corrected chi connectivity index (χ4v) is 2.37. The predicted molar refractivity (Wildman–Crippen MR) is 116 cm³/mol. The van der Waals surface area contributed by atoms with E-state index in [-0.39, 0.29) is 52.4 Å². The van der Waals surface area contributed by atoms with Crippen molar-refractivity contribution in [3.63, 3.8) is 0 Å². The van der Waals surface area contributed by atoms with E-state index in [2.05, 4.69) is 0 Å². The first-order valence-corrected chi connectivity index (χ1v) is 10.9. The van der Waals surface area contributed by atoms with Crippen LogP contribution in [0.5, 0.6) is 0 Å². The van der Waals surface area contributed by atoms with Crippen molar-refractivity contribution in [2.45, 2.75) is 64.6 Å². The molecule has 0 aromatic rings. The molecule has 34 heavy (non-hydrogen) atoms. The van der Waals surface area contributed by atoms with E-state index >= 15 is 0 Å². The lowest BCUT2D eigenvalue weighted by Gasteiger charge is -2.27. The quantitative estimate of drug-likeness (QED) is 0.137. The fourth-order valence-electron chi connectivity index (χ4n) is 2.37. The first kappa shape index (κ1) is 32.0. The van der Waals surface area contributed by atoms with Crippen molar-refractivity contribution in [2.75, 3.05) is 53.4 Å². The van der Waals surface area contributed by atoms with Gasteiger partial charge >= 0.3 is 18.0 Å². The van der Waals surface area contributed by atoms with E-state index in [1.54, 1.807) is 20.8 Å². The molecule has 0 aliphatic carbocycles.